The monoisotopic (exact) mass is 397 g/mol. The molecule has 1 aromatic carbocycles. The van der Waals surface area contributed by atoms with Gasteiger partial charge < -0.3 is 11.1 Å². The van der Waals surface area contributed by atoms with Crippen LogP contribution >= 0.6 is 0 Å². The zero-order valence-electron chi connectivity index (χ0n) is 16.0. The summed E-state index contributed by atoms with van der Waals surface area (Å²) >= 11 is 0. The van der Waals surface area contributed by atoms with Crippen LogP contribution in [0.2, 0.25) is 0 Å². The van der Waals surface area contributed by atoms with Crippen LogP contribution in [0, 0.1) is 24.0 Å². The second kappa shape index (κ2) is 7.54. The summed E-state index contributed by atoms with van der Waals surface area (Å²) in [5, 5.41) is 21.9. The summed E-state index contributed by atoms with van der Waals surface area (Å²) in [6, 6.07) is 6.75. The van der Waals surface area contributed by atoms with E-state index in [0.29, 0.717) is 17.0 Å². The molecule has 2 heterocycles. The van der Waals surface area contributed by atoms with Crippen molar-refractivity contribution >= 4 is 23.2 Å². The molecule has 2 aromatic heterocycles. The van der Waals surface area contributed by atoms with Gasteiger partial charge >= 0.3 is 5.69 Å². The molecule has 11 nitrogen and oxygen atoms in total. The van der Waals surface area contributed by atoms with Gasteiger partial charge in [0.1, 0.15) is 17.1 Å². The highest BCUT2D eigenvalue weighted by Gasteiger charge is 2.22. The molecule has 0 radical (unpaired) electrons. The molecule has 0 bridgehead atoms. The summed E-state index contributed by atoms with van der Waals surface area (Å²) in [5.41, 5.74) is 7.45. The SMILES string of the molecule is Cc1nn(Cc2cccc(C(=O)Nc3cnn(C)c3C(N)=O)c2)c(C)c1[N+](=O)[O-]. The number of primary amides is 1. The number of aryl methyl sites for hydroxylation is 2. The van der Waals surface area contributed by atoms with Crippen molar-refractivity contribution in [2.75, 3.05) is 5.32 Å². The van der Waals surface area contributed by atoms with Crippen LogP contribution in [0.3, 0.4) is 0 Å². The molecular weight excluding hydrogens is 378 g/mol. The molecule has 0 atom stereocenters. The van der Waals surface area contributed by atoms with Crippen LogP contribution in [0.5, 0.6) is 0 Å². The number of rotatable bonds is 6. The van der Waals surface area contributed by atoms with Crippen LogP contribution in [0.1, 0.15) is 37.8 Å². The molecule has 150 valence electrons. The number of amides is 2. The van der Waals surface area contributed by atoms with Gasteiger partial charge in [-0.2, -0.15) is 10.2 Å². The fourth-order valence-corrected chi connectivity index (χ4v) is 3.11. The van der Waals surface area contributed by atoms with E-state index in [4.69, 9.17) is 5.73 Å². The van der Waals surface area contributed by atoms with Crippen molar-refractivity contribution in [3.63, 3.8) is 0 Å². The number of aromatic nitrogens is 4. The highest BCUT2D eigenvalue weighted by molar-refractivity contribution is 6.08. The molecular formula is C18H19N7O4. The minimum Gasteiger partial charge on any atom is -0.364 e. The van der Waals surface area contributed by atoms with Gasteiger partial charge in [-0.05, 0) is 31.5 Å². The van der Waals surface area contributed by atoms with Gasteiger partial charge in [0.2, 0.25) is 0 Å². The Morgan fingerprint density at radius 2 is 2.03 bits per heavy atom. The summed E-state index contributed by atoms with van der Waals surface area (Å²) in [6.45, 7) is 3.47. The van der Waals surface area contributed by atoms with Gasteiger partial charge in [0, 0.05) is 12.6 Å². The third-order valence-electron chi connectivity index (χ3n) is 4.47. The maximum absolute atomic E-state index is 12.6. The van der Waals surface area contributed by atoms with Gasteiger partial charge in [0.05, 0.1) is 23.4 Å². The Labute approximate surface area is 165 Å². The lowest BCUT2D eigenvalue weighted by Crippen LogP contribution is -2.20. The van der Waals surface area contributed by atoms with E-state index in [9.17, 15) is 19.7 Å². The Bertz CT molecular complexity index is 1130. The van der Waals surface area contributed by atoms with E-state index in [2.05, 4.69) is 15.5 Å². The number of hydrogen-bond acceptors (Lipinski definition) is 6. The molecule has 0 spiro atoms. The van der Waals surface area contributed by atoms with E-state index in [-0.39, 0.29) is 23.6 Å². The molecule has 0 saturated carbocycles. The molecule has 0 aliphatic carbocycles. The first kappa shape index (κ1) is 19.7. The minimum absolute atomic E-state index is 0.0190. The highest BCUT2D eigenvalue weighted by Crippen LogP contribution is 2.23. The van der Waals surface area contributed by atoms with Crippen LogP contribution in [-0.2, 0) is 13.6 Å². The maximum atomic E-state index is 12.6. The van der Waals surface area contributed by atoms with Crippen molar-refractivity contribution in [2.24, 2.45) is 12.8 Å². The van der Waals surface area contributed by atoms with Crippen LogP contribution in [0.15, 0.2) is 30.5 Å². The number of hydrogen-bond donors (Lipinski definition) is 2. The van der Waals surface area contributed by atoms with Crippen molar-refractivity contribution < 1.29 is 14.5 Å². The summed E-state index contributed by atoms with van der Waals surface area (Å²) in [6.07, 6.45) is 1.34. The number of nitro groups is 1. The summed E-state index contributed by atoms with van der Waals surface area (Å²) < 4.78 is 2.81. The molecule has 0 aliphatic rings. The van der Waals surface area contributed by atoms with E-state index in [1.807, 2.05) is 0 Å². The fraction of sp³-hybridized carbons (Fsp3) is 0.222. The summed E-state index contributed by atoms with van der Waals surface area (Å²) in [4.78, 5) is 34.9. The van der Waals surface area contributed by atoms with Crippen molar-refractivity contribution in [1.82, 2.24) is 19.6 Å². The number of carbonyl (C=O) groups excluding carboxylic acids is 2. The van der Waals surface area contributed by atoms with Gasteiger partial charge in [0.25, 0.3) is 11.8 Å². The Kier molecular flexibility index (Phi) is 5.13. The molecule has 3 N–H and O–H groups in total. The van der Waals surface area contributed by atoms with Crippen molar-refractivity contribution in [3.8, 4) is 0 Å². The number of nitrogens with zero attached hydrogens (tertiary/aromatic N) is 5. The molecule has 0 saturated heterocycles. The lowest BCUT2D eigenvalue weighted by Gasteiger charge is -2.08. The van der Waals surface area contributed by atoms with E-state index >= 15 is 0 Å². The van der Waals surface area contributed by atoms with E-state index in [1.54, 1.807) is 45.2 Å². The average molecular weight is 397 g/mol. The van der Waals surface area contributed by atoms with Crippen LogP contribution < -0.4 is 11.1 Å². The van der Waals surface area contributed by atoms with Gasteiger partial charge in [-0.25, -0.2) is 0 Å². The van der Waals surface area contributed by atoms with E-state index < -0.39 is 16.7 Å². The predicted molar refractivity (Wildman–Crippen MR) is 104 cm³/mol. The first-order valence-electron chi connectivity index (χ1n) is 8.59. The van der Waals surface area contributed by atoms with Gasteiger partial charge in [-0.3, -0.25) is 29.1 Å². The molecule has 3 rings (SSSR count). The van der Waals surface area contributed by atoms with Gasteiger partial charge in [-0.15, -0.1) is 0 Å². The van der Waals surface area contributed by atoms with Crippen LogP contribution in [0.4, 0.5) is 11.4 Å². The topological polar surface area (TPSA) is 151 Å². The largest absolute Gasteiger partial charge is 0.364 e. The van der Waals surface area contributed by atoms with Crippen LogP contribution in [-0.4, -0.2) is 36.3 Å². The number of benzene rings is 1. The first-order chi connectivity index (χ1) is 13.7. The Balaban J connectivity index is 1.83. The highest BCUT2D eigenvalue weighted by atomic mass is 16.6. The average Bonchev–Trinajstić information content (AvgIpc) is 3.14. The molecule has 2 amide bonds. The number of nitrogens with one attached hydrogen (secondary N) is 1. The number of carbonyl (C=O) groups is 2. The van der Waals surface area contributed by atoms with Crippen molar-refractivity contribution in [1.29, 1.82) is 0 Å². The smallest absolute Gasteiger partial charge is 0.312 e. The van der Waals surface area contributed by atoms with Crippen molar-refractivity contribution in [2.45, 2.75) is 20.4 Å². The van der Waals surface area contributed by atoms with E-state index in [1.165, 1.54) is 15.6 Å². The Hall–Kier alpha value is -4.02. The maximum Gasteiger partial charge on any atom is 0.312 e. The third-order valence-corrected chi connectivity index (χ3v) is 4.47. The minimum atomic E-state index is -0.708. The second-order valence-corrected chi connectivity index (χ2v) is 6.48. The molecule has 0 aliphatic heterocycles. The third kappa shape index (κ3) is 3.83. The molecule has 0 fully saturated rings. The lowest BCUT2D eigenvalue weighted by atomic mass is 10.1. The Morgan fingerprint density at radius 1 is 1.31 bits per heavy atom. The fourth-order valence-electron chi connectivity index (χ4n) is 3.11. The molecule has 11 heteroatoms. The van der Waals surface area contributed by atoms with Gasteiger partial charge in [0.15, 0.2) is 0 Å². The standard InChI is InChI=1S/C18H19N7O4/c1-10-15(25(28)29)11(2)24(22-10)9-12-5-4-6-13(7-12)18(27)21-14-8-20-23(3)16(14)17(19)26/h4-8H,9H2,1-3H3,(H2,19,26)(H,21,27). The quantitative estimate of drug-likeness (QED) is 0.475. The number of nitrogens with two attached hydrogens (primary N) is 1. The zero-order valence-corrected chi connectivity index (χ0v) is 16.0. The summed E-state index contributed by atoms with van der Waals surface area (Å²) in [7, 11) is 1.55. The van der Waals surface area contributed by atoms with Crippen molar-refractivity contribution in [3.05, 3.63) is 68.8 Å². The van der Waals surface area contributed by atoms with Crippen LogP contribution in [0.25, 0.3) is 0 Å². The second-order valence-electron chi connectivity index (χ2n) is 6.48. The first-order valence-corrected chi connectivity index (χ1v) is 8.59. The lowest BCUT2D eigenvalue weighted by molar-refractivity contribution is -0.386. The van der Waals surface area contributed by atoms with E-state index in [0.717, 1.165) is 5.56 Å². The molecule has 3 aromatic rings. The summed E-state index contributed by atoms with van der Waals surface area (Å²) in [5.74, 6) is -1.15. The Morgan fingerprint density at radius 3 is 2.66 bits per heavy atom. The zero-order chi connectivity index (χ0) is 21.3. The van der Waals surface area contributed by atoms with Gasteiger partial charge in [-0.1, -0.05) is 12.1 Å². The predicted octanol–water partition coefficient (Wildman–Crippen LogP) is 1.54. The molecule has 0 unspecified atom stereocenters. The number of anilines is 1. The molecule has 29 heavy (non-hydrogen) atoms. The normalized spacial score (nSPS) is 10.7.